The van der Waals surface area contributed by atoms with E-state index in [1.54, 1.807) is 18.2 Å². The summed E-state index contributed by atoms with van der Waals surface area (Å²) in [5.74, 6) is -4.59. The molecule has 0 spiro atoms. The molecule has 1 N–H and O–H groups in total. The number of aliphatic hydroxyl groups is 1. The molecule has 1 fully saturated rings. The highest BCUT2D eigenvalue weighted by Gasteiger charge is 2.57. The number of hydrogen-bond donors (Lipinski definition) is 1. The first-order chi connectivity index (χ1) is 12.7. The van der Waals surface area contributed by atoms with Crippen molar-refractivity contribution in [1.29, 1.82) is 0 Å². The van der Waals surface area contributed by atoms with E-state index in [2.05, 4.69) is 0 Å². The third-order valence-electron chi connectivity index (χ3n) is 4.97. The van der Waals surface area contributed by atoms with Crippen LogP contribution in [0.25, 0.3) is 0 Å². The molecule has 148 valence electrons. The number of esters is 2. The summed E-state index contributed by atoms with van der Waals surface area (Å²) in [6.45, 7) is 1.38. The van der Waals surface area contributed by atoms with Crippen molar-refractivity contribution in [3.05, 3.63) is 23.8 Å². The van der Waals surface area contributed by atoms with Crippen LogP contribution >= 0.6 is 0 Å². The Morgan fingerprint density at radius 3 is 2.15 bits per heavy atom. The SMILES string of the molecule is COC(=O)[C@@H]1C(=O)C[C@@](C)(O)[C@@H](C(=O)OC)[C@H]1c1ccc(OC)c(OC)c1. The van der Waals surface area contributed by atoms with Gasteiger partial charge < -0.3 is 24.1 Å². The normalized spacial score (nSPS) is 27.6. The Morgan fingerprint density at radius 2 is 1.63 bits per heavy atom. The van der Waals surface area contributed by atoms with Gasteiger partial charge in [-0.1, -0.05) is 6.07 Å². The maximum atomic E-state index is 12.7. The van der Waals surface area contributed by atoms with E-state index in [9.17, 15) is 19.5 Å². The van der Waals surface area contributed by atoms with Gasteiger partial charge in [-0.05, 0) is 24.6 Å². The number of rotatable bonds is 5. The highest BCUT2D eigenvalue weighted by Crippen LogP contribution is 2.47. The minimum atomic E-state index is -1.69. The van der Waals surface area contributed by atoms with Crippen molar-refractivity contribution in [2.45, 2.75) is 24.9 Å². The van der Waals surface area contributed by atoms with E-state index in [4.69, 9.17) is 18.9 Å². The molecular weight excluding hydrogens is 356 g/mol. The average Bonchev–Trinajstić information content (AvgIpc) is 2.64. The lowest BCUT2D eigenvalue weighted by Gasteiger charge is -2.43. The molecule has 8 heteroatoms. The number of carbonyl (C=O) groups excluding carboxylic acids is 3. The van der Waals surface area contributed by atoms with Crippen molar-refractivity contribution in [3.8, 4) is 11.5 Å². The average molecular weight is 380 g/mol. The molecule has 1 aliphatic rings. The van der Waals surface area contributed by atoms with Gasteiger partial charge in [0.05, 0.1) is 40.0 Å². The molecule has 1 aromatic rings. The molecule has 1 aromatic carbocycles. The molecule has 1 aliphatic carbocycles. The Kier molecular flexibility index (Phi) is 6.10. The number of Topliss-reactive ketones (excluding diaryl/α,β-unsaturated/α-hetero) is 1. The minimum absolute atomic E-state index is 0.361. The Bertz CT molecular complexity index is 739. The Balaban J connectivity index is 2.69. The van der Waals surface area contributed by atoms with Crippen LogP contribution in [0.2, 0.25) is 0 Å². The summed E-state index contributed by atoms with van der Waals surface area (Å²) in [6, 6.07) is 4.79. The second-order valence-corrected chi connectivity index (χ2v) is 6.64. The van der Waals surface area contributed by atoms with Gasteiger partial charge in [0.1, 0.15) is 5.92 Å². The van der Waals surface area contributed by atoms with E-state index in [0.717, 1.165) is 0 Å². The monoisotopic (exact) mass is 380 g/mol. The molecule has 4 atom stereocenters. The number of ether oxygens (including phenoxy) is 4. The first kappa shape index (κ1) is 20.7. The van der Waals surface area contributed by atoms with Gasteiger partial charge in [-0.2, -0.15) is 0 Å². The predicted molar refractivity (Wildman–Crippen MR) is 93.5 cm³/mol. The fraction of sp³-hybridized carbons (Fsp3) is 0.526. The van der Waals surface area contributed by atoms with Crippen molar-refractivity contribution in [1.82, 2.24) is 0 Å². The summed E-state index contributed by atoms with van der Waals surface area (Å²) in [5, 5.41) is 10.8. The molecule has 0 radical (unpaired) electrons. The van der Waals surface area contributed by atoms with E-state index in [0.29, 0.717) is 17.1 Å². The summed E-state index contributed by atoms with van der Waals surface area (Å²) in [5.41, 5.74) is -1.24. The van der Waals surface area contributed by atoms with E-state index < -0.39 is 41.1 Å². The van der Waals surface area contributed by atoms with Crippen molar-refractivity contribution < 1.29 is 38.4 Å². The molecule has 0 amide bonds. The van der Waals surface area contributed by atoms with Gasteiger partial charge in [-0.3, -0.25) is 14.4 Å². The Labute approximate surface area is 157 Å². The molecule has 2 rings (SSSR count). The lowest BCUT2D eigenvalue weighted by Crippen LogP contribution is -2.55. The van der Waals surface area contributed by atoms with Crippen LogP contribution in [0.5, 0.6) is 11.5 Å². The third-order valence-corrected chi connectivity index (χ3v) is 4.97. The van der Waals surface area contributed by atoms with Crippen LogP contribution in [0.1, 0.15) is 24.8 Å². The molecule has 27 heavy (non-hydrogen) atoms. The maximum Gasteiger partial charge on any atom is 0.316 e. The van der Waals surface area contributed by atoms with Crippen molar-refractivity contribution in [3.63, 3.8) is 0 Å². The number of hydrogen-bond acceptors (Lipinski definition) is 8. The number of ketones is 1. The van der Waals surface area contributed by atoms with Gasteiger partial charge in [0.15, 0.2) is 17.3 Å². The van der Waals surface area contributed by atoms with Crippen LogP contribution in [-0.4, -0.2) is 56.9 Å². The van der Waals surface area contributed by atoms with Gasteiger partial charge >= 0.3 is 11.9 Å². The summed E-state index contributed by atoms with van der Waals surface area (Å²) >= 11 is 0. The highest BCUT2D eigenvalue weighted by molar-refractivity contribution is 6.02. The van der Waals surface area contributed by atoms with Crippen LogP contribution < -0.4 is 9.47 Å². The molecule has 0 aromatic heterocycles. The molecule has 1 saturated carbocycles. The Morgan fingerprint density at radius 1 is 1.04 bits per heavy atom. The summed E-state index contributed by atoms with van der Waals surface area (Å²) in [6.07, 6.45) is -0.365. The zero-order chi connectivity index (χ0) is 20.4. The van der Waals surface area contributed by atoms with Crippen LogP contribution in [0.4, 0.5) is 0 Å². The first-order valence-electron chi connectivity index (χ1n) is 8.34. The van der Waals surface area contributed by atoms with Crippen molar-refractivity contribution >= 4 is 17.7 Å². The van der Waals surface area contributed by atoms with Crippen LogP contribution in [-0.2, 0) is 23.9 Å². The lowest BCUT2D eigenvalue weighted by molar-refractivity contribution is -0.170. The summed E-state index contributed by atoms with van der Waals surface area (Å²) in [4.78, 5) is 37.5. The van der Waals surface area contributed by atoms with Gasteiger partial charge in [-0.25, -0.2) is 0 Å². The number of benzene rings is 1. The predicted octanol–water partition coefficient (Wildman–Crippen LogP) is 1.09. The van der Waals surface area contributed by atoms with E-state index in [1.807, 2.05) is 0 Å². The van der Waals surface area contributed by atoms with E-state index >= 15 is 0 Å². The molecule has 0 aliphatic heterocycles. The summed E-state index contributed by atoms with van der Waals surface area (Å²) in [7, 11) is 5.27. The Hall–Kier alpha value is -2.61. The van der Waals surface area contributed by atoms with Gasteiger partial charge in [0.25, 0.3) is 0 Å². The zero-order valence-electron chi connectivity index (χ0n) is 16.0. The first-order valence-corrected chi connectivity index (χ1v) is 8.34. The molecule has 0 unspecified atom stereocenters. The number of carbonyl (C=O) groups is 3. The second-order valence-electron chi connectivity index (χ2n) is 6.64. The second kappa shape index (κ2) is 7.96. The standard InChI is InChI=1S/C19H24O8/c1-19(23)9-11(20)15(17(21)26-4)14(16(19)18(22)27-5)10-6-7-12(24-2)13(8-10)25-3/h6-8,14-16,23H,9H2,1-5H3/t14-,15+,16+,19+/m0/s1. The van der Waals surface area contributed by atoms with Crippen molar-refractivity contribution in [2.24, 2.45) is 11.8 Å². The lowest BCUT2D eigenvalue weighted by atomic mass is 9.61. The topological polar surface area (TPSA) is 108 Å². The minimum Gasteiger partial charge on any atom is -0.493 e. The van der Waals surface area contributed by atoms with E-state index in [1.165, 1.54) is 35.4 Å². The highest BCUT2D eigenvalue weighted by atomic mass is 16.5. The number of methoxy groups -OCH3 is 4. The quantitative estimate of drug-likeness (QED) is 0.597. The largest absolute Gasteiger partial charge is 0.493 e. The van der Waals surface area contributed by atoms with Crippen LogP contribution in [0.15, 0.2) is 18.2 Å². The van der Waals surface area contributed by atoms with Crippen LogP contribution in [0, 0.1) is 11.8 Å². The fourth-order valence-corrected chi connectivity index (χ4v) is 3.73. The maximum absolute atomic E-state index is 12.7. The molecule has 0 heterocycles. The third kappa shape index (κ3) is 3.75. The van der Waals surface area contributed by atoms with Gasteiger partial charge in [0, 0.05) is 12.3 Å². The van der Waals surface area contributed by atoms with E-state index in [-0.39, 0.29) is 6.42 Å². The molecular formula is C19H24O8. The van der Waals surface area contributed by atoms with Crippen LogP contribution in [0.3, 0.4) is 0 Å². The van der Waals surface area contributed by atoms with Gasteiger partial charge in [-0.15, -0.1) is 0 Å². The van der Waals surface area contributed by atoms with Crippen molar-refractivity contribution in [2.75, 3.05) is 28.4 Å². The van der Waals surface area contributed by atoms with Gasteiger partial charge in [0.2, 0.25) is 0 Å². The smallest absolute Gasteiger partial charge is 0.316 e. The molecule has 8 nitrogen and oxygen atoms in total. The molecule has 0 bridgehead atoms. The fourth-order valence-electron chi connectivity index (χ4n) is 3.73. The summed E-state index contributed by atoms with van der Waals surface area (Å²) < 4.78 is 20.1. The zero-order valence-corrected chi connectivity index (χ0v) is 16.0. The molecule has 0 saturated heterocycles.